The Kier molecular flexibility index (Phi) is 6.90. The van der Waals surface area contributed by atoms with Gasteiger partial charge in [0.15, 0.2) is 0 Å². The van der Waals surface area contributed by atoms with Crippen molar-refractivity contribution in [3.05, 3.63) is 58.7 Å². The van der Waals surface area contributed by atoms with Gasteiger partial charge in [-0.25, -0.2) is 0 Å². The average molecular weight is 351 g/mol. The number of rotatable bonds is 3. The van der Waals surface area contributed by atoms with Gasteiger partial charge in [0.05, 0.1) is 22.8 Å². The maximum absolute atomic E-state index is 4.80. The SMILES string of the molecule is CC(=Nc1c(C)cccc1C)C(C)=Nc1c(C)cccc1C.[Ni]. The summed E-state index contributed by atoms with van der Waals surface area (Å²) in [4.78, 5) is 9.60. The van der Waals surface area contributed by atoms with Gasteiger partial charge in [0, 0.05) is 16.5 Å². The Morgan fingerprint density at radius 2 is 0.870 bits per heavy atom. The maximum Gasteiger partial charge on any atom is 0.0691 e. The zero-order valence-electron chi connectivity index (χ0n) is 14.7. The molecule has 2 aromatic carbocycles. The monoisotopic (exact) mass is 350 g/mol. The Labute approximate surface area is 149 Å². The van der Waals surface area contributed by atoms with Gasteiger partial charge in [-0.1, -0.05) is 36.4 Å². The van der Waals surface area contributed by atoms with Crippen LogP contribution in [0.25, 0.3) is 0 Å². The molecular weight excluding hydrogens is 327 g/mol. The molecule has 0 bridgehead atoms. The van der Waals surface area contributed by atoms with Gasteiger partial charge in [-0.2, -0.15) is 0 Å². The van der Waals surface area contributed by atoms with E-state index in [1.54, 1.807) is 0 Å². The fourth-order valence-corrected chi connectivity index (χ4v) is 2.46. The molecule has 0 amide bonds. The molecule has 0 spiro atoms. The van der Waals surface area contributed by atoms with E-state index in [-0.39, 0.29) is 16.5 Å². The van der Waals surface area contributed by atoms with E-state index in [2.05, 4.69) is 64.1 Å². The van der Waals surface area contributed by atoms with Crippen LogP contribution in [0.15, 0.2) is 46.4 Å². The quantitative estimate of drug-likeness (QED) is 0.493. The van der Waals surface area contributed by atoms with Crippen LogP contribution in [0, 0.1) is 27.7 Å². The summed E-state index contributed by atoms with van der Waals surface area (Å²) in [5, 5.41) is 0. The van der Waals surface area contributed by atoms with Crippen LogP contribution in [0.1, 0.15) is 36.1 Å². The van der Waals surface area contributed by atoms with Crippen molar-refractivity contribution >= 4 is 22.8 Å². The van der Waals surface area contributed by atoms with Gasteiger partial charge >= 0.3 is 0 Å². The van der Waals surface area contributed by atoms with Gasteiger partial charge in [-0.15, -0.1) is 0 Å². The molecule has 0 aromatic heterocycles. The zero-order valence-corrected chi connectivity index (χ0v) is 15.7. The van der Waals surface area contributed by atoms with E-state index in [9.17, 15) is 0 Å². The van der Waals surface area contributed by atoms with Crippen molar-refractivity contribution in [3.8, 4) is 0 Å². The number of aliphatic imine (C=N–C) groups is 2. The predicted octanol–water partition coefficient (Wildman–Crippen LogP) is 5.80. The van der Waals surface area contributed by atoms with Gasteiger partial charge in [0.1, 0.15) is 0 Å². The first-order valence-corrected chi connectivity index (χ1v) is 7.63. The molecule has 0 aliphatic carbocycles. The van der Waals surface area contributed by atoms with Crippen molar-refractivity contribution in [1.29, 1.82) is 0 Å². The second-order valence-electron chi connectivity index (χ2n) is 5.88. The summed E-state index contributed by atoms with van der Waals surface area (Å²) in [6.07, 6.45) is 0. The third-order valence-electron chi connectivity index (χ3n) is 3.96. The van der Waals surface area contributed by atoms with Crippen LogP contribution in [0.5, 0.6) is 0 Å². The normalized spacial score (nSPS) is 12.1. The van der Waals surface area contributed by atoms with Crippen LogP contribution in [0.2, 0.25) is 0 Å². The second-order valence-corrected chi connectivity index (χ2v) is 5.88. The molecular formula is C20H24N2Ni. The summed E-state index contributed by atoms with van der Waals surface area (Å²) in [5.41, 5.74) is 8.80. The molecule has 23 heavy (non-hydrogen) atoms. The Morgan fingerprint density at radius 3 is 1.13 bits per heavy atom. The van der Waals surface area contributed by atoms with E-state index in [1.165, 1.54) is 22.3 Å². The first-order valence-electron chi connectivity index (χ1n) is 7.63. The van der Waals surface area contributed by atoms with Crippen molar-refractivity contribution in [1.82, 2.24) is 0 Å². The minimum Gasteiger partial charge on any atom is -0.251 e. The van der Waals surface area contributed by atoms with E-state index >= 15 is 0 Å². The largest absolute Gasteiger partial charge is 0.251 e. The van der Waals surface area contributed by atoms with Crippen LogP contribution < -0.4 is 0 Å². The first kappa shape index (κ1) is 19.3. The molecule has 2 nitrogen and oxygen atoms in total. The van der Waals surface area contributed by atoms with Crippen LogP contribution in [0.4, 0.5) is 11.4 Å². The van der Waals surface area contributed by atoms with Gasteiger partial charge in [0.25, 0.3) is 0 Å². The number of aryl methyl sites for hydroxylation is 4. The molecule has 2 rings (SSSR count). The molecule has 2 aromatic rings. The minimum atomic E-state index is 0. The topological polar surface area (TPSA) is 24.7 Å². The average Bonchev–Trinajstić information content (AvgIpc) is 2.46. The summed E-state index contributed by atoms with van der Waals surface area (Å²) in [5.74, 6) is 0. The van der Waals surface area contributed by atoms with Crippen molar-refractivity contribution in [2.24, 2.45) is 9.98 Å². The summed E-state index contributed by atoms with van der Waals surface area (Å²) in [6.45, 7) is 12.4. The number of benzene rings is 2. The zero-order chi connectivity index (χ0) is 16.3. The number of para-hydroxylation sites is 2. The molecule has 0 unspecified atom stereocenters. The standard InChI is InChI=1S/C20H24N2.Ni/c1-13-9-7-10-14(2)19(13)21-17(5)18(6)22-20-15(3)11-8-12-16(20)4;/h7-12H,1-6H3;. The van der Waals surface area contributed by atoms with Crippen LogP contribution in [-0.4, -0.2) is 11.4 Å². The summed E-state index contributed by atoms with van der Waals surface area (Å²) in [6, 6.07) is 12.5. The van der Waals surface area contributed by atoms with Crippen LogP contribution >= 0.6 is 0 Å². The van der Waals surface area contributed by atoms with Crippen LogP contribution in [-0.2, 0) is 16.5 Å². The Morgan fingerprint density at radius 1 is 0.609 bits per heavy atom. The number of nitrogens with zero attached hydrogens (tertiary/aromatic N) is 2. The van der Waals surface area contributed by atoms with Crippen molar-refractivity contribution in [3.63, 3.8) is 0 Å². The van der Waals surface area contributed by atoms with Gasteiger partial charge in [-0.3, -0.25) is 9.98 Å². The molecule has 124 valence electrons. The van der Waals surface area contributed by atoms with E-state index in [0.717, 1.165) is 22.8 Å². The molecule has 0 fully saturated rings. The first-order chi connectivity index (χ1) is 10.4. The molecule has 0 N–H and O–H groups in total. The molecule has 0 saturated carbocycles. The fourth-order valence-electron chi connectivity index (χ4n) is 2.46. The third-order valence-corrected chi connectivity index (χ3v) is 3.96. The van der Waals surface area contributed by atoms with Gasteiger partial charge in [0.2, 0.25) is 0 Å². The molecule has 0 aliphatic rings. The van der Waals surface area contributed by atoms with Crippen molar-refractivity contribution in [2.45, 2.75) is 41.5 Å². The van der Waals surface area contributed by atoms with Crippen molar-refractivity contribution < 1.29 is 16.5 Å². The van der Waals surface area contributed by atoms with Crippen molar-refractivity contribution in [2.75, 3.05) is 0 Å². The summed E-state index contributed by atoms with van der Waals surface area (Å²) < 4.78 is 0. The third kappa shape index (κ3) is 4.62. The number of hydrogen-bond donors (Lipinski definition) is 0. The molecule has 0 saturated heterocycles. The molecule has 0 atom stereocenters. The smallest absolute Gasteiger partial charge is 0.0691 e. The Balaban J connectivity index is 0.00000264. The molecule has 0 heterocycles. The van der Waals surface area contributed by atoms with Crippen LogP contribution in [0.3, 0.4) is 0 Å². The molecule has 0 radical (unpaired) electrons. The van der Waals surface area contributed by atoms with E-state index < -0.39 is 0 Å². The molecule has 0 aliphatic heterocycles. The second kappa shape index (κ2) is 8.22. The van der Waals surface area contributed by atoms with Gasteiger partial charge < -0.3 is 0 Å². The van der Waals surface area contributed by atoms with E-state index in [1.807, 2.05) is 13.8 Å². The fraction of sp³-hybridized carbons (Fsp3) is 0.300. The molecule has 3 heteroatoms. The van der Waals surface area contributed by atoms with E-state index in [4.69, 9.17) is 9.98 Å². The Bertz CT molecular complexity index is 652. The number of hydrogen-bond acceptors (Lipinski definition) is 2. The van der Waals surface area contributed by atoms with Gasteiger partial charge in [-0.05, 0) is 63.8 Å². The maximum atomic E-state index is 4.80. The predicted molar refractivity (Wildman–Crippen MR) is 97.4 cm³/mol. The van der Waals surface area contributed by atoms with E-state index in [0.29, 0.717) is 0 Å². The minimum absolute atomic E-state index is 0. The Hall–Kier alpha value is -1.73. The summed E-state index contributed by atoms with van der Waals surface area (Å²) in [7, 11) is 0. The summed E-state index contributed by atoms with van der Waals surface area (Å²) >= 11 is 0.